The molecule has 0 saturated carbocycles. The summed E-state index contributed by atoms with van der Waals surface area (Å²) in [5, 5.41) is 13.9. The summed E-state index contributed by atoms with van der Waals surface area (Å²) in [7, 11) is 0. The van der Waals surface area contributed by atoms with Crippen molar-refractivity contribution in [2.24, 2.45) is 0 Å². The van der Waals surface area contributed by atoms with Gasteiger partial charge in [0, 0.05) is 41.3 Å². The molecule has 4 aromatic heterocycles. The van der Waals surface area contributed by atoms with E-state index in [9.17, 15) is 5.26 Å². The fraction of sp³-hybridized carbons (Fsp3) is 0.0667. The Balaban J connectivity index is 1.31. The van der Waals surface area contributed by atoms with E-state index in [4.69, 9.17) is 16.5 Å². The van der Waals surface area contributed by atoms with Gasteiger partial charge in [-0.3, -0.25) is 19.9 Å². The molecule has 0 saturated heterocycles. The summed E-state index contributed by atoms with van der Waals surface area (Å²) in [6, 6.07) is 39.4. The maximum absolute atomic E-state index is 9.44. The van der Waals surface area contributed by atoms with Crippen LogP contribution in [0, 0.1) is 17.9 Å². The predicted molar refractivity (Wildman–Crippen MR) is 203 cm³/mol. The summed E-state index contributed by atoms with van der Waals surface area (Å²) in [4.78, 5) is 22.3. The van der Waals surface area contributed by atoms with Crippen LogP contribution in [0.3, 0.4) is 0 Å². The van der Waals surface area contributed by atoms with Crippen molar-refractivity contribution in [3.8, 4) is 62.2 Å². The summed E-state index contributed by atoms with van der Waals surface area (Å²) in [5.74, 6) is 0. The molecule has 0 unspecified atom stereocenters. The molecule has 51 heavy (non-hydrogen) atoms. The normalized spacial score (nSPS) is 12.6. The van der Waals surface area contributed by atoms with E-state index in [2.05, 4.69) is 108 Å². The average molecular weight is 653 g/mol. The zero-order chi connectivity index (χ0) is 34.7. The number of nitrogens with zero attached hydrogens (tertiary/aromatic N) is 6. The van der Waals surface area contributed by atoms with Crippen LogP contribution in [0.15, 0.2) is 134 Å². The monoisotopic (exact) mass is 652 g/mol. The van der Waals surface area contributed by atoms with Gasteiger partial charge in [-0.1, -0.05) is 74.5 Å². The predicted octanol–water partition coefficient (Wildman–Crippen LogP) is 11.0. The molecule has 0 aliphatic heterocycles. The molecular formula is C45H28N6. The van der Waals surface area contributed by atoms with Crippen LogP contribution in [0.25, 0.3) is 82.5 Å². The third kappa shape index (κ3) is 4.77. The van der Waals surface area contributed by atoms with E-state index < -0.39 is 0 Å². The second-order valence-electron chi connectivity index (χ2n) is 13.3. The van der Waals surface area contributed by atoms with Gasteiger partial charge in [0.1, 0.15) is 0 Å². The van der Waals surface area contributed by atoms with E-state index in [0.717, 1.165) is 43.8 Å². The average Bonchev–Trinajstić information content (AvgIpc) is 3.41. The zero-order valence-electron chi connectivity index (χ0n) is 27.9. The fourth-order valence-electron chi connectivity index (χ4n) is 7.65. The van der Waals surface area contributed by atoms with Gasteiger partial charge >= 0.3 is 0 Å². The first-order chi connectivity index (χ1) is 24.9. The van der Waals surface area contributed by atoms with Gasteiger partial charge in [-0.15, -0.1) is 0 Å². The summed E-state index contributed by atoms with van der Waals surface area (Å²) in [6.07, 6.45) is 7.14. The number of pyridine rings is 4. The first-order valence-electron chi connectivity index (χ1n) is 16.7. The maximum Gasteiger partial charge on any atom is 0.190 e. The molecule has 6 nitrogen and oxygen atoms in total. The Hall–Kier alpha value is -7.02. The Morgan fingerprint density at radius 3 is 1.80 bits per heavy atom. The highest BCUT2D eigenvalue weighted by Gasteiger charge is 2.36. The Morgan fingerprint density at radius 1 is 0.569 bits per heavy atom. The summed E-state index contributed by atoms with van der Waals surface area (Å²) in [6.45, 7) is 12.0. The molecule has 0 spiro atoms. The van der Waals surface area contributed by atoms with Gasteiger partial charge in [0.05, 0.1) is 41.0 Å². The topological polar surface area (TPSA) is 79.7 Å². The van der Waals surface area contributed by atoms with Gasteiger partial charge < -0.3 is 0 Å². The van der Waals surface area contributed by atoms with Gasteiger partial charge in [0.25, 0.3) is 0 Å². The van der Waals surface area contributed by atoms with Crippen LogP contribution in [0.4, 0.5) is 5.69 Å². The third-order valence-electron chi connectivity index (χ3n) is 10.1. The number of aromatic nitrogens is 4. The lowest BCUT2D eigenvalue weighted by atomic mass is 9.80. The molecule has 0 bridgehead atoms. The maximum atomic E-state index is 9.44. The van der Waals surface area contributed by atoms with Crippen LogP contribution in [0.1, 0.15) is 30.5 Å². The Morgan fingerprint density at radius 2 is 1.18 bits per heavy atom. The van der Waals surface area contributed by atoms with Crippen molar-refractivity contribution in [2.45, 2.75) is 19.3 Å². The van der Waals surface area contributed by atoms with Crippen molar-refractivity contribution in [1.29, 1.82) is 5.26 Å². The van der Waals surface area contributed by atoms with Crippen LogP contribution in [0.2, 0.25) is 0 Å². The minimum absolute atomic E-state index is 0.182. The highest BCUT2D eigenvalue weighted by molar-refractivity contribution is 6.22. The molecule has 0 amide bonds. The molecule has 1 aliphatic carbocycles. The minimum atomic E-state index is -0.182. The molecule has 0 atom stereocenters. The second kappa shape index (κ2) is 11.6. The SMILES string of the molecule is [C-]#[N+]c1ccnc(-c2ccc(-c3c4ccccc4c(-c4ccc(-c5cc(C#N)ccn5)nc4)c4cc5c(cc34)-c3ccccc3C5(C)C)cn2)c1. The lowest BCUT2D eigenvalue weighted by Crippen LogP contribution is -2.14. The number of hydrogen-bond acceptors (Lipinski definition) is 5. The van der Waals surface area contributed by atoms with Gasteiger partial charge in [0.2, 0.25) is 0 Å². The smallest absolute Gasteiger partial charge is 0.190 e. The van der Waals surface area contributed by atoms with Crippen molar-refractivity contribution < 1.29 is 0 Å². The van der Waals surface area contributed by atoms with E-state index in [0.29, 0.717) is 34.0 Å². The lowest BCUT2D eigenvalue weighted by Gasteiger charge is -2.23. The van der Waals surface area contributed by atoms with Crippen molar-refractivity contribution in [3.63, 3.8) is 0 Å². The van der Waals surface area contributed by atoms with Crippen molar-refractivity contribution in [3.05, 3.63) is 162 Å². The first kappa shape index (κ1) is 30.1. The van der Waals surface area contributed by atoms with Crippen LogP contribution in [0.5, 0.6) is 0 Å². The summed E-state index contributed by atoms with van der Waals surface area (Å²) < 4.78 is 0. The van der Waals surface area contributed by atoms with E-state index in [1.165, 1.54) is 22.3 Å². The van der Waals surface area contributed by atoms with E-state index in [-0.39, 0.29) is 5.41 Å². The molecule has 4 aromatic carbocycles. The quantitative estimate of drug-likeness (QED) is 0.140. The van der Waals surface area contributed by atoms with Crippen molar-refractivity contribution >= 4 is 27.2 Å². The Kier molecular flexibility index (Phi) is 6.81. The van der Waals surface area contributed by atoms with Gasteiger partial charge in [0.15, 0.2) is 5.69 Å². The molecule has 238 valence electrons. The van der Waals surface area contributed by atoms with E-state index in [1.807, 2.05) is 24.5 Å². The molecular weight excluding hydrogens is 625 g/mol. The molecule has 1 aliphatic rings. The second-order valence-corrected chi connectivity index (χ2v) is 13.3. The van der Waals surface area contributed by atoms with E-state index >= 15 is 0 Å². The van der Waals surface area contributed by atoms with Gasteiger partial charge in [-0.05, 0) is 103 Å². The van der Waals surface area contributed by atoms with Gasteiger partial charge in [-0.25, -0.2) is 4.85 Å². The van der Waals surface area contributed by atoms with Crippen molar-refractivity contribution in [2.75, 3.05) is 0 Å². The third-order valence-corrected chi connectivity index (χ3v) is 10.1. The number of benzene rings is 4. The number of hydrogen-bond donors (Lipinski definition) is 0. The Bertz CT molecular complexity index is 2790. The molecule has 9 rings (SSSR count). The van der Waals surface area contributed by atoms with Crippen LogP contribution in [-0.4, -0.2) is 19.9 Å². The lowest BCUT2D eigenvalue weighted by molar-refractivity contribution is 0.661. The fourth-order valence-corrected chi connectivity index (χ4v) is 7.65. The molecule has 0 N–H and O–H groups in total. The van der Waals surface area contributed by atoms with E-state index in [1.54, 1.807) is 36.7 Å². The van der Waals surface area contributed by atoms with Crippen molar-refractivity contribution in [1.82, 2.24) is 19.9 Å². The van der Waals surface area contributed by atoms with Crippen LogP contribution in [-0.2, 0) is 5.41 Å². The number of nitriles is 1. The molecule has 4 heterocycles. The standard InChI is InChI=1S/C45H28N6/c1-45(2)37-11-7-6-8-31(37)34-22-35-36(23-38(34)45)44(29-12-14-39(50-26-29)41-20-27(24-46)16-18-48-41)33-10-5-4-9-32(33)43(35)28-13-15-40(51-25-28)42-21-30(47-3)17-19-49-42/h4-23,25-26H,1-2H3. The van der Waals surface area contributed by atoms with Crippen LogP contribution < -0.4 is 0 Å². The molecule has 0 radical (unpaired) electrons. The summed E-state index contributed by atoms with van der Waals surface area (Å²) in [5.41, 5.74) is 13.0. The highest BCUT2D eigenvalue weighted by Crippen LogP contribution is 2.53. The zero-order valence-corrected chi connectivity index (χ0v) is 27.9. The van der Waals surface area contributed by atoms with Gasteiger partial charge in [-0.2, -0.15) is 5.26 Å². The number of fused-ring (bicyclic) bond motifs is 5. The molecule has 0 fully saturated rings. The summed E-state index contributed by atoms with van der Waals surface area (Å²) >= 11 is 0. The molecule has 6 heteroatoms. The Labute approximate surface area is 295 Å². The highest BCUT2D eigenvalue weighted by atomic mass is 14.8. The molecule has 8 aromatic rings. The van der Waals surface area contributed by atoms with Crippen LogP contribution >= 0.6 is 0 Å². The number of rotatable bonds is 4. The minimum Gasteiger partial charge on any atom is -0.257 e. The first-order valence-corrected chi connectivity index (χ1v) is 16.7. The largest absolute Gasteiger partial charge is 0.257 e.